The summed E-state index contributed by atoms with van der Waals surface area (Å²) in [6.45, 7) is 23.0. The van der Waals surface area contributed by atoms with Crippen molar-refractivity contribution in [3.8, 4) is 5.69 Å². The van der Waals surface area contributed by atoms with E-state index in [1.54, 1.807) is 6.07 Å². The van der Waals surface area contributed by atoms with Crippen LogP contribution in [0.1, 0.15) is 160 Å². The molecule has 0 fully saturated rings. The van der Waals surface area contributed by atoms with E-state index in [4.69, 9.17) is 34.5 Å². The van der Waals surface area contributed by atoms with Gasteiger partial charge in [-0.15, -0.1) is 0 Å². The van der Waals surface area contributed by atoms with Gasteiger partial charge in [-0.05, 0) is 154 Å². The van der Waals surface area contributed by atoms with Crippen LogP contribution in [-0.2, 0) is 67.7 Å². The zero-order chi connectivity index (χ0) is 70.1. The molecule has 0 spiro atoms. The summed E-state index contributed by atoms with van der Waals surface area (Å²) < 4.78 is 98.5. The van der Waals surface area contributed by atoms with Crippen LogP contribution in [0.4, 0.5) is 17.1 Å². The number of hydrogen-bond acceptors (Lipinski definition) is 15. The summed E-state index contributed by atoms with van der Waals surface area (Å²) in [5, 5.41) is 11.6. The number of anilines is 2. The Bertz CT molecular complexity index is 4000. The van der Waals surface area contributed by atoms with Crippen molar-refractivity contribution in [2.45, 2.75) is 136 Å². The lowest BCUT2D eigenvalue weighted by atomic mass is 9.75. The lowest BCUT2D eigenvalue weighted by molar-refractivity contribution is -0.438. The minimum Gasteiger partial charge on any atom is -0.384 e. The molecule has 20 nitrogen and oxygen atoms in total. The summed E-state index contributed by atoms with van der Waals surface area (Å²) in [4.78, 5) is 27.6. The molecule has 1 aromatic heterocycles. The molecule has 9 rings (SSSR count). The number of nitrogens with two attached hydrogens (primary N) is 1. The molecule has 22 heteroatoms. The van der Waals surface area contributed by atoms with E-state index in [2.05, 4.69) is 147 Å². The van der Waals surface area contributed by atoms with Gasteiger partial charge in [-0.2, -0.15) is 26.5 Å². The zero-order valence-electron chi connectivity index (χ0n) is 58.3. The van der Waals surface area contributed by atoms with Crippen LogP contribution in [0.3, 0.4) is 0 Å². The molecule has 2 aliphatic carbocycles. The van der Waals surface area contributed by atoms with E-state index in [9.17, 15) is 35.5 Å². The van der Waals surface area contributed by atoms with Crippen LogP contribution < -0.4 is 21.3 Å². The smallest absolute Gasteiger partial charge is 0.264 e. The fourth-order valence-electron chi connectivity index (χ4n) is 13.9. The number of nitrogens with one attached hydrogen (secondary N) is 2. The van der Waals surface area contributed by atoms with E-state index >= 15 is 0 Å². The molecule has 4 aliphatic rings. The number of aromatic nitrogens is 2. The van der Waals surface area contributed by atoms with Crippen molar-refractivity contribution in [2.24, 2.45) is 11.1 Å². The third-order valence-electron chi connectivity index (χ3n) is 18.8. The van der Waals surface area contributed by atoms with Crippen LogP contribution in [0.15, 0.2) is 132 Å². The van der Waals surface area contributed by atoms with Crippen molar-refractivity contribution in [1.29, 1.82) is 0 Å². The number of Topliss-reactive ketones (excluding diaryl/α,β-unsaturated/α-hetero) is 1. The number of para-hydroxylation sites is 2. The van der Waals surface area contributed by atoms with Crippen LogP contribution in [0, 0.1) is 12.3 Å². The first-order valence-electron chi connectivity index (χ1n) is 34.7. The van der Waals surface area contributed by atoms with E-state index in [0.717, 1.165) is 83.9 Å². The Labute approximate surface area is 580 Å². The van der Waals surface area contributed by atoms with Gasteiger partial charge in [-0.25, -0.2) is 4.68 Å². The lowest BCUT2D eigenvalue weighted by Gasteiger charge is -2.29. The Kier molecular flexibility index (Phi) is 26.4. The highest BCUT2D eigenvalue weighted by Gasteiger charge is 2.44. The van der Waals surface area contributed by atoms with Gasteiger partial charge in [0.15, 0.2) is 11.5 Å². The number of ether oxygens (including phenoxy) is 5. The van der Waals surface area contributed by atoms with Crippen molar-refractivity contribution in [2.75, 3.05) is 114 Å². The number of ketones is 1. The van der Waals surface area contributed by atoms with Crippen LogP contribution >= 0.6 is 0 Å². The fraction of sp³-hybridized carbons (Fsp3) is 0.500. The Morgan fingerprint density at radius 2 is 1.30 bits per heavy atom. The predicted molar refractivity (Wildman–Crippen MR) is 387 cm³/mol. The van der Waals surface area contributed by atoms with E-state index in [1.807, 2.05) is 35.9 Å². The van der Waals surface area contributed by atoms with Gasteiger partial charge in [-0.1, -0.05) is 101 Å². The third kappa shape index (κ3) is 20.2. The third-order valence-corrected chi connectivity index (χ3v) is 20.4. The van der Waals surface area contributed by atoms with Crippen LogP contribution in [0.25, 0.3) is 11.3 Å². The number of amides is 1. The number of benzene rings is 4. The second-order valence-corrected chi connectivity index (χ2v) is 30.9. The molecule has 2 aliphatic heterocycles. The number of rotatable bonds is 39. The molecule has 530 valence electrons. The van der Waals surface area contributed by atoms with E-state index in [-0.39, 0.29) is 33.5 Å². The second kappa shape index (κ2) is 34.4. The summed E-state index contributed by atoms with van der Waals surface area (Å²) in [5.74, 6) is -0.978. The molecule has 1 amide bonds. The maximum Gasteiger partial charge on any atom is 0.264 e. The highest BCUT2D eigenvalue weighted by atomic mass is 32.2. The highest BCUT2D eigenvalue weighted by molar-refractivity contribution is 7.86. The molecule has 6 N–H and O–H groups in total. The summed E-state index contributed by atoms with van der Waals surface area (Å²) >= 11 is 0. The molecule has 98 heavy (non-hydrogen) atoms. The standard InChI is InChI=1S/C76H101N7O13S2/c1-55-71-67(52-74(2,3)53-68(71)84)83(80-55)60-31-32-61(73(77)85)64(51-60)79-36-18-40-93-42-44-95-46-48-96-47-45-94-43-41-92-39-17-35-78-54-56-25-27-59(28-26-56)72-57(29-33-69-75(4,5)62-21-8-10-23-65(62)81(69)37-12-14-49-97(86,87)88)19-16-20-58(72)30-34-70-76(6,7)63-22-9-11-24-66(63)82(70)38-13-15-50-98(89,90)91/h8-11,21-34,51,78H,12-20,35-50,52-54H2,1-7H3,(H4-,77,79,85,86,87,88,89,90,91)/p+1. The van der Waals surface area contributed by atoms with Gasteiger partial charge in [0, 0.05) is 85.9 Å². The summed E-state index contributed by atoms with van der Waals surface area (Å²) in [7, 11) is -8.13. The van der Waals surface area contributed by atoms with Gasteiger partial charge in [0.2, 0.25) is 5.69 Å². The Morgan fingerprint density at radius 3 is 1.95 bits per heavy atom. The number of fused-ring (bicyclic) bond motifs is 3. The van der Waals surface area contributed by atoms with Crippen LogP contribution in [0.2, 0.25) is 0 Å². The minimum absolute atomic E-state index is 0.108. The first-order valence-corrected chi connectivity index (χ1v) is 37.9. The molecule has 0 saturated heterocycles. The topological polar surface area (TPSA) is 263 Å². The second-order valence-electron chi connectivity index (χ2n) is 27.7. The van der Waals surface area contributed by atoms with Gasteiger partial charge in [-0.3, -0.25) is 18.7 Å². The van der Waals surface area contributed by atoms with Crippen molar-refractivity contribution in [1.82, 2.24) is 15.1 Å². The lowest BCUT2D eigenvalue weighted by Crippen LogP contribution is -2.28. The Morgan fingerprint density at radius 1 is 0.684 bits per heavy atom. The molecular weight excluding hydrogens is 1280 g/mol. The largest absolute Gasteiger partial charge is 0.384 e. The van der Waals surface area contributed by atoms with E-state index in [0.29, 0.717) is 153 Å². The zero-order valence-corrected chi connectivity index (χ0v) is 60.0. The average molecular weight is 1390 g/mol. The number of primary amides is 1. The van der Waals surface area contributed by atoms with Crippen LogP contribution in [0.5, 0.6) is 0 Å². The van der Waals surface area contributed by atoms with Gasteiger partial charge in [0.1, 0.15) is 6.54 Å². The SMILES string of the molecule is Cc1nn(-c2ccc(C(N)=O)c(NCCCOCCOCCOCCOCCOCCCNCc3ccc(C4=C(/C=C/C5=[N+](CCCCS(=O)(=O)O)c6ccccc6C5(C)C)CCC/C4=C\C=C4\N(CCCCS(=O)(=O)O)c5ccccc5C4(C)C)cc3)c2)c2c1C(=O)CC(C)(C)C2. The predicted octanol–water partition coefficient (Wildman–Crippen LogP) is 12.0. The van der Waals surface area contributed by atoms with E-state index in [1.165, 1.54) is 27.8 Å². The molecule has 4 aromatic carbocycles. The first kappa shape index (κ1) is 75.2. The number of allylic oxidation sites excluding steroid dienone is 8. The van der Waals surface area contributed by atoms with E-state index < -0.39 is 26.1 Å². The molecular formula is C76H102N7O13S2+. The number of hydrogen-bond donors (Lipinski definition) is 5. The molecule has 0 radical (unpaired) electrons. The van der Waals surface area contributed by atoms with Crippen LogP contribution in [-0.4, -0.2) is 161 Å². The molecule has 5 aromatic rings. The summed E-state index contributed by atoms with van der Waals surface area (Å²) in [6.07, 6.45) is 16.4. The maximum atomic E-state index is 13.0. The quantitative estimate of drug-likeness (QED) is 0.0139. The molecule has 0 unspecified atom stereocenters. The highest BCUT2D eigenvalue weighted by Crippen LogP contribution is 2.49. The molecule has 3 heterocycles. The summed E-state index contributed by atoms with van der Waals surface area (Å²) in [5.41, 5.74) is 21.7. The number of carbonyl (C=O) groups is 2. The Hall–Kier alpha value is -6.96. The number of unbranched alkanes of at least 4 members (excludes halogenated alkanes) is 2. The molecule has 0 saturated carbocycles. The van der Waals surface area contributed by atoms with Crippen molar-refractivity contribution >= 4 is 60.3 Å². The molecule has 0 atom stereocenters. The Balaban J connectivity index is 0.704. The van der Waals surface area contributed by atoms with Gasteiger partial charge in [0.25, 0.3) is 26.1 Å². The number of nitrogens with zero attached hydrogens (tertiary/aromatic N) is 4. The molecule has 0 bridgehead atoms. The first-order chi connectivity index (χ1) is 46.8. The van der Waals surface area contributed by atoms with Gasteiger partial charge in [0.05, 0.1) is 98.0 Å². The van der Waals surface area contributed by atoms with Gasteiger partial charge >= 0.3 is 0 Å². The average Bonchev–Trinajstić information content (AvgIpc) is 1.61. The summed E-state index contributed by atoms with van der Waals surface area (Å²) in [6, 6.07) is 31.0. The maximum absolute atomic E-state index is 13.0. The van der Waals surface area contributed by atoms with Crippen molar-refractivity contribution < 1.29 is 63.8 Å². The van der Waals surface area contributed by atoms with Crippen molar-refractivity contribution in [3.63, 3.8) is 0 Å². The fourth-order valence-corrected chi connectivity index (χ4v) is 15.1. The normalized spacial score (nSPS) is 17.4. The number of aryl methyl sites for hydroxylation is 1. The van der Waals surface area contributed by atoms with Gasteiger partial charge < -0.3 is 45.0 Å². The van der Waals surface area contributed by atoms with Crippen molar-refractivity contribution in [3.05, 3.63) is 177 Å². The minimum atomic E-state index is -4.07. The number of carbonyl (C=O) groups excluding carboxylic acids is 2. The monoisotopic (exact) mass is 1380 g/mol.